The Morgan fingerprint density at radius 3 is 2.51 bits per heavy atom. The van der Waals surface area contributed by atoms with Crippen LogP contribution in [0.5, 0.6) is 0 Å². The molecule has 0 bridgehead atoms. The standard InChI is InChI=1S/C34H27FN4O3S/c1-23-10-16-28(22-30(23)38-31-18-13-25(20-21-36-31)24-8-6-4-5-7-9-24)37-34(40)29-17-19-32(43(3,41)42)39(2)33(29)26-11-14-27(35)15-12-26/h4-6,8-17,20-22,38H,1-3H3,(H,37,40). The van der Waals surface area contributed by atoms with Crippen molar-refractivity contribution < 1.29 is 17.6 Å². The summed E-state index contributed by atoms with van der Waals surface area (Å²) in [5.74, 6) is -0.460. The van der Waals surface area contributed by atoms with Crippen molar-refractivity contribution in [2.75, 3.05) is 23.9 Å². The van der Waals surface area contributed by atoms with Gasteiger partial charge in [-0.1, -0.05) is 35.8 Å². The summed E-state index contributed by atoms with van der Waals surface area (Å²) >= 11 is 0. The molecular weight excluding hydrogens is 563 g/mol. The Morgan fingerprint density at radius 2 is 1.74 bits per heavy atom. The number of hydrogen-bond donors (Lipinski definition) is 2. The molecule has 214 valence electrons. The molecule has 1 amide bonds. The number of halogens is 1. The van der Waals surface area contributed by atoms with Gasteiger partial charge in [0.25, 0.3) is 5.91 Å². The fourth-order valence-electron chi connectivity index (χ4n) is 4.53. The zero-order valence-electron chi connectivity index (χ0n) is 23.6. The van der Waals surface area contributed by atoms with E-state index in [9.17, 15) is 17.6 Å². The Kier molecular flexibility index (Phi) is 8.26. The predicted octanol–water partition coefficient (Wildman–Crippen LogP) is 6.10. The minimum Gasteiger partial charge on any atom is -0.333 e. The first kappa shape index (κ1) is 29.1. The first-order chi connectivity index (χ1) is 20.6. The topological polar surface area (TPSA) is 90.9 Å². The summed E-state index contributed by atoms with van der Waals surface area (Å²) in [6, 6.07) is 10.9. The van der Waals surface area contributed by atoms with Crippen LogP contribution in [0.25, 0.3) is 5.70 Å². The number of carbonyl (C=O) groups excluding carboxylic acids is 1. The average molecular weight is 591 g/mol. The summed E-state index contributed by atoms with van der Waals surface area (Å²) in [7, 11) is -2.13. The van der Waals surface area contributed by atoms with Gasteiger partial charge in [0.15, 0.2) is 20.7 Å². The molecule has 0 spiro atoms. The van der Waals surface area contributed by atoms with Crippen LogP contribution in [0.15, 0.2) is 141 Å². The molecular formula is C34H27FN4O3S. The normalized spacial score (nSPS) is 15.9. The first-order valence-electron chi connectivity index (χ1n) is 13.2. The molecule has 0 saturated heterocycles. The number of allylic oxidation sites excluding steroid dienone is 8. The number of rotatable bonds is 7. The molecule has 0 fully saturated rings. The van der Waals surface area contributed by atoms with E-state index in [0.29, 0.717) is 28.5 Å². The van der Waals surface area contributed by atoms with Crippen LogP contribution in [0.1, 0.15) is 11.1 Å². The second-order valence-corrected chi connectivity index (χ2v) is 11.8. The molecule has 0 atom stereocenters. The molecule has 2 aromatic rings. The van der Waals surface area contributed by atoms with Crippen LogP contribution in [0.2, 0.25) is 0 Å². The van der Waals surface area contributed by atoms with Crippen molar-refractivity contribution in [3.05, 3.63) is 153 Å². The second-order valence-electron chi connectivity index (χ2n) is 9.83. The van der Waals surface area contributed by atoms with E-state index in [1.807, 2.05) is 55.5 Å². The molecule has 2 aliphatic heterocycles. The fourth-order valence-corrected chi connectivity index (χ4v) is 5.40. The van der Waals surface area contributed by atoms with E-state index in [1.165, 1.54) is 42.3 Å². The number of carbonyl (C=O) groups is 1. The van der Waals surface area contributed by atoms with Gasteiger partial charge in [-0.3, -0.25) is 4.79 Å². The van der Waals surface area contributed by atoms with Crippen LogP contribution in [0.4, 0.5) is 15.8 Å². The van der Waals surface area contributed by atoms with Gasteiger partial charge in [0, 0.05) is 30.9 Å². The smallest absolute Gasteiger partial charge is 0.258 e. The Hall–Kier alpha value is -5.42. The molecule has 2 aromatic carbocycles. The minimum atomic E-state index is -3.66. The van der Waals surface area contributed by atoms with Crippen molar-refractivity contribution in [3.8, 4) is 0 Å². The highest BCUT2D eigenvalue weighted by atomic mass is 32.2. The monoisotopic (exact) mass is 590 g/mol. The maximum atomic E-state index is 13.7. The third-order valence-electron chi connectivity index (χ3n) is 6.67. The number of aryl methyl sites for hydroxylation is 1. The van der Waals surface area contributed by atoms with Gasteiger partial charge in [-0.25, -0.2) is 17.8 Å². The van der Waals surface area contributed by atoms with Crippen LogP contribution in [0.3, 0.4) is 0 Å². The summed E-state index contributed by atoms with van der Waals surface area (Å²) in [6.07, 6.45) is 17.4. The highest BCUT2D eigenvalue weighted by molar-refractivity contribution is 7.94. The first-order valence-corrected chi connectivity index (χ1v) is 15.1. The van der Waals surface area contributed by atoms with Crippen LogP contribution < -0.4 is 10.6 Å². The highest BCUT2D eigenvalue weighted by Gasteiger charge is 2.28. The van der Waals surface area contributed by atoms with Crippen LogP contribution in [-0.4, -0.2) is 38.7 Å². The Labute approximate surface area is 249 Å². The lowest BCUT2D eigenvalue weighted by molar-refractivity contribution is -0.112. The van der Waals surface area contributed by atoms with E-state index < -0.39 is 21.6 Å². The molecule has 0 saturated carbocycles. The number of nitrogens with one attached hydrogen (secondary N) is 2. The molecule has 2 heterocycles. The SMILES string of the molecule is Cc1ccc(NC(=O)C2=C(c3ccc(F)cc3)N(C)C(S(C)(=O)=O)=C=C2)cc1NC1=C=CC(C2=CC=CC=C=C2)=CC=N1. The van der Waals surface area contributed by atoms with Crippen molar-refractivity contribution in [1.82, 2.24) is 4.90 Å². The average Bonchev–Trinajstić information content (AvgIpc) is 3.38. The lowest BCUT2D eigenvalue weighted by Gasteiger charge is -2.27. The zero-order valence-corrected chi connectivity index (χ0v) is 24.5. The van der Waals surface area contributed by atoms with E-state index >= 15 is 0 Å². The molecule has 0 aromatic heterocycles. The van der Waals surface area contributed by atoms with E-state index in [-0.39, 0.29) is 10.6 Å². The Bertz CT molecular complexity index is 1990. The van der Waals surface area contributed by atoms with Crippen LogP contribution >= 0.6 is 0 Å². The summed E-state index contributed by atoms with van der Waals surface area (Å²) in [5.41, 5.74) is 14.0. The van der Waals surface area contributed by atoms with E-state index in [4.69, 9.17) is 0 Å². The van der Waals surface area contributed by atoms with Gasteiger partial charge in [0.2, 0.25) is 0 Å². The number of aliphatic imine (C=N–C) groups is 1. The molecule has 0 radical (unpaired) electrons. The quantitative estimate of drug-likeness (QED) is 0.381. The minimum absolute atomic E-state index is 0.104. The van der Waals surface area contributed by atoms with Crippen molar-refractivity contribution in [2.45, 2.75) is 6.92 Å². The largest absolute Gasteiger partial charge is 0.333 e. The number of amides is 1. The maximum absolute atomic E-state index is 13.7. The number of hydrogen-bond acceptors (Lipinski definition) is 6. The van der Waals surface area contributed by atoms with Crippen molar-refractivity contribution in [3.63, 3.8) is 0 Å². The molecule has 2 N–H and O–H groups in total. The number of nitrogens with zero attached hydrogens (tertiary/aromatic N) is 2. The van der Waals surface area contributed by atoms with Crippen LogP contribution in [-0.2, 0) is 14.6 Å². The summed E-state index contributed by atoms with van der Waals surface area (Å²) < 4.78 is 38.4. The van der Waals surface area contributed by atoms with Crippen LogP contribution in [0, 0.1) is 12.7 Å². The van der Waals surface area contributed by atoms with Gasteiger partial charge in [0.05, 0.1) is 11.3 Å². The fraction of sp³-hybridized carbons (Fsp3) is 0.0882. The van der Waals surface area contributed by atoms with Crippen molar-refractivity contribution in [1.29, 1.82) is 0 Å². The molecule has 7 nitrogen and oxygen atoms in total. The number of benzene rings is 2. The van der Waals surface area contributed by atoms with Gasteiger partial charge < -0.3 is 15.5 Å². The van der Waals surface area contributed by atoms with Crippen molar-refractivity contribution in [2.24, 2.45) is 4.99 Å². The number of anilines is 2. The van der Waals surface area contributed by atoms with Gasteiger partial charge >= 0.3 is 0 Å². The van der Waals surface area contributed by atoms with Gasteiger partial charge in [-0.15, -0.1) is 5.73 Å². The number of sulfone groups is 1. The zero-order chi connectivity index (χ0) is 30.6. The van der Waals surface area contributed by atoms with Crippen molar-refractivity contribution >= 4 is 39.0 Å². The lowest BCUT2D eigenvalue weighted by Crippen LogP contribution is -2.27. The summed E-state index contributed by atoms with van der Waals surface area (Å²) in [6.45, 7) is 1.92. The van der Waals surface area contributed by atoms with Gasteiger partial charge in [-0.2, -0.15) is 0 Å². The van der Waals surface area contributed by atoms with E-state index in [1.54, 1.807) is 18.3 Å². The molecule has 9 heteroatoms. The van der Waals surface area contributed by atoms with E-state index in [2.05, 4.69) is 32.8 Å². The predicted molar refractivity (Wildman–Crippen MR) is 169 cm³/mol. The highest BCUT2D eigenvalue weighted by Crippen LogP contribution is 2.32. The molecule has 0 unspecified atom stereocenters. The summed E-state index contributed by atoms with van der Waals surface area (Å²) in [5, 5.41) is 6.05. The van der Waals surface area contributed by atoms with Gasteiger partial charge in [-0.05, 0) is 96.0 Å². The maximum Gasteiger partial charge on any atom is 0.258 e. The third-order valence-corrected chi connectivity index (χ3v) is 7.76. The molecule has 43 heavy (non-hydrogen) atoms. The molecule has 1 aliphatic carbocycles. The molecule has 3 aliphatic rings. The lowest BCUT2D eigenvalue weighted by atomic mass is 10.0. The molecule has 5 rings (SSSR count). The summed E-state index contributed by atoms with van der Waals surface area (Å²) in [4.78, 5) is 19.4. The Morgan fingerprint density at radius 1 is 0.977 bits per heavy atom. The third kappa shape index (κ3) is 6.74. The second kappa shape index (κ2) is 12.2. The Balaban J connectivity index is 1.43. The van der Waals surface area contributed by atoms with Gasteiger partial charge in [0.1, 0.15) is 5.82 Å². The van der Waals surface area contributed by atoms with E-state index in [0.717, 1.165) is 23.0 Å².